The van der Waals surface area contributed by atoms with Crippen LogP contribution in [0.5, 0.6) is 5.75 Å². The van der Waals surface area contributed by atoms with E-state index in [-0.39, 0.29) is 11.5 Å². The van der Waals surface area contributed by atoms with Crippen LogP contribution in [0.25, 0.3) is 16.6 Å². The summed E-state index contributed by atoms with van der Waals surface area (Å²) in [4.78, 5) is 13.3. The van der Waals surface area contributed by atoms with Gasteiger partial charge in [0.05, 0.1) is 24.0 Å². The van der Waals surface area contributed by atoms with Crippen molar-refractivity contribution in [2.24, 2.45) is 0 Å². The highest BCUT2D eigenvalue weighted by molar-refractivity contribution is 6.31. The Kier molecular flexibility index (Phi) is 6.81. The van der Waals surface area contributed by atoms with Crippen LogP contribution in [-0.4, -0.2) is 68.1 Å². The SMILES string of the molecule is O=C(c1ccccc1)c1ccccc1-n1cc(O[C@H]2O[C@@H](CO)[C@H](O)[C@@H](O)[C@@H]2O)c2ccc(Cl)cc21. The monoisotopic (exact) mass is 509 g/mol. The van der Waals surface area contributed by atoms with Crippen molar-refractivity contribution >= 4 is 28.3 Å². The zero-order chi connectivity index (χ0) is 25.4. The summed E-state index contributed by atoms with van der Waals surface area (Å²) >= 11 is 6.30. The summed E-state index contributed by atoms with van der Waals surface area (Å²) in [7, 11) is 0. The molecule has 4 aromatic rings. The molecule has 0 amide bonds. The minimum atomic E-state index is -1.58. The van der Waals surface area contributed by atoms with E-state index in [4.69, 9.17) is 21.1 Å². The number of hydrogen-bond donors (Lipinski definition) is 4. The summed E-state index contributed by atoms with van der Waals surface area (Å²) in [5.41, 5.74) is 2.22. The first-order valence-corrected chi connectivity index (χ1v) is 11.7. The number of ketones is 1. The normalized spacial score (nSPS) is 24.1. The van der Waals surface area contributed by atoms with Gasteiger partial charge in [0.1, 0.15) is 30.2 Å². The van der Waals surface area contributed by atoms with Crippen LogP contribution in [0.1, 0.15) is 15.9 Å². The number of para-hydroxylation sites is 1. The maximum Gasteiger partial charge on any atom is 0.229 e. The highest BCUT2D eigenvalue weighted by Crippen LogP contribution is 2.36. The summed E-state index contributed by atoms with van der Waals surface area (Å²) in [6.07, 6.45) is -5.48. The number of benzene rings is 3. The number of carbonyl (C=O) groups excluding carboxylic acids is 1. The van der Waals surface area contributed by atoms with Gasteiger partial charge in [-0.3, -0.25) is 4.79 Å². The van der Waals surface area contributed by atoms with Crippen LogP contribution in [0.2, 0.25) is 5.02 Å². The quantitative estimate of drug-likeness (QED) is 0.295. The van der Waals surface area contributed by atoms with Crippen molar-refractivity contribution in [1.82, 2.24) is 4.57 Å². The number of aromatic nitrogens is 1. The van der Waals surface area contributed by atoms with Crippen LogP contribution in [0.3, 0.4) is 0 Å². The first-order valence-electron chi connectivity index (χ1n) is 11.4. The van der Waals surface area contributed by atoms with Crippen molar-refractivity contribution < 1.29 is 34.7 Å². The van der Waals surface area contributed by atoms with Gasteiger partial charge in [0.25, 0.3) is 0 Å². The van der Waals surface area contributed by atoms with Crippen molar-refractivity contribution in [2.45, 2.75) is 30.7 Å². The fourth-order valence-electron chi connectivity index (χ4n) is 4.37. The second-order valence-corrected chi connectivity index (χ2v) is 8.99. The molecule has 3 aromatic carbocycles. The fraction of sp³-hybridized carbons (Fsp3) is 0.222. The maximum absolute atomic E-state index is 13.3. The first kappa shape index (κ1) is 24.5. The molecule has 0 unspecified atom stereocenters. The highest BCUT2D eigenvalue weighted by atomic mass is 35.5. The Labute approximate surface area is 211 Å². The van der Waals surface area contributed by atoms with Gasteiger partial charge in [-0.1, -0.05) is 54.1 Å². The first-order chi connectivity index (χ1) is 17.4. The standard InChI is InChI=1S/C27H24ClNO7/c28-16-10-11-17-20(12-16)29(13-21(17)35-27-26(34)25(33)24(32)22(14-30)36-27)19-9-5-4-8-18(19)23(31)15-6-2-1-3-7-15/h1-13,22,24-27,30,32-34H,14H2/t22-,24-,25+,26-,27-/m0/s1. The van der Waals surface area contributed by atoms with E-state index in [1.165, 1.54) is 0 Å². The van der Waals surface area contributed by atoms with Crippen LogP contribution in [0.4, 0.5) is 0 Å². The van der Waals surface area contributed by atoms with Crippen LogP contribution >= 0.6 is 11.6 Å². The summed E-state index contributed by atoms with van der Waals surface area (Å²) in [5, 5.41) is 41.2. The zero-order valence-electron chi connectivity index (χ0n) is 18.9. The number of ether oxygens (including phenoxy) is 2. The molecule has 0 bridgehead atoms. The number of fused-ring (bicyclic) bond motifs is 1. The smallest absolute Gasteiger partial charge is 0.229 e. The van der Waals surface area contributed by atoms with E-state index in [9.17, 15) is 25.2 Å². The molecule has 1 saturated heterocycles. The van der Waals surface area contributed by atoms with Crippen LogP contribution in [0, 0.1) is 0 Å². The van der Waals surface area contributed by atoms with Gasteiger partial charge in [-0.05, 0) is 30.3 Å². The van der Waals surface area contributed by atoms with Crippen LogP contribution in [0.15, 0.2) is 79.0 Å². The Bertz CT molecular complexity index is 1390. The van der Waals surface area contributed by atoms with E-state index >= 15 is 0 Å². The lowest BCUT2D eigenvalue weighted by molar-refractivity contribution is -0.277. The molecule has 4 N–H and O–H groups in total. The molecule has 1 aliphatic heterocycles. The number of aliphatic hydroxyl groups is 4. The van der Waals surface area contributed by atoms with E-state index in [1.807, 2.05) is 12.1 Å². The number of carbonyl (C=O) groups is 1. The Balaban J connectivity index is 1.59. The van der Waals surface area contributed by atoms with Gasteiger partial charge in [-0.2, -0.15) is 0 Å². The van der Waals surface area contributed by atoms with Gasteiger partial charge in [-0.15, -0.1) is 0 Å². The van der Waals surface area contributed by atoms with Gasteiger partial charge in [0.2, 0.25) is 6.29 Å². The van der Waals surface area contributed by atoms with E-state index in [0.29, 0.717) is 32.7 Å². The van der Waals surface area contributed by atoms with Gasteiger partial charge in [-0.25, -0.2) is 0 Å². The molecule has 1 aromatic heterocycles. The Morgan fingerprint density at radius 3 is 2.42 bits per heavy atom. The highest BCUT2D eigenvalue weighted by Gasteiger charge is 2.45. The Hall–Kier alpha value is -3.24. The average molecular weight is 510 g/mol. The van der Waals surface area contributed by atoms with E-state index in [1.54, 1.807) is 71.4 Å². The number of halogens is 1. The second-order valence-electron chi connectivity index (χ2n) is 8.55. The molecule has 0 saturated carbocycles. The molecule has 9 heteroatoms. The lowest BCUT2D eigenvalue weighted by Gasteiger charge is -2.39. The zero-order valence-corrected chi connectivity index (χ0v) is 19.7. The van der Waals surface area contributed by atoms with E-state index < -0.39 is 37.3 Å². The lowest BCUT2D eigenvalue weighted by atomic mass is 9.99. The minimum Gasteiger partial charge on any atom is -0.460 e. The third-order valence-corrected chi connectivity index (χ3v) is 6.50. The van der Waals surface area contributed by atoms with Gasteiger partial charge in [0.15, 0.2) is 5.78 Å². The molecule has 0 spiro atoms. The lowest BCUT2D eigenvalue weighted by Crippen LogP contribution is -2.60. The molecular weight excluding hydrogens is 486 g/mol. The number of rotatable bonds is 6. The van der Waals surface area contributed by atoms with Gasteiger partial charge in [0, 0.05) is 21.5 Å². The molecule has 5 rings (SSSR count). The molecule has 36 heavy (non-hydrogen) atoms. The summed E-state index contributed by atoms with van der Waals surface area (Å²) in [5.74, 6) is 0.124. The number of nitrogens with zero attached hydrogens (tertiary/aromatic N) is 1. The molecule has 0 radical (unpaired) electrons. The Morgan fingerprint density at radius 2 is 1.67 bits per heavy atom. The molecule has 0 aliphatic carbocycles. The molecule has 2 heterocycles. The predicted molar refractivity (Wildman–Crippen MR) is 133 cm³/mol. The third-order valence-electron chi connectivity index (χ3n) is 6.27. The molecule has 1 aliphatic rings. The molecule has 186 valence electrons. The predicted octanol–water partition coefficient (Wildman–Crippen LogP) is 2.69. The van der Waals surface area contributed by atoms with Crippen molar-refractivity contribution in [3.8, 4) is 11.4 Å². The molecule has 8 nitrogen and oxygen atoms in total. The fourth-order valence-corrected chi connectivity index (χ4v) is 4.54. The van der Waals surface area contributed by atoms with Crippen molar-refractivity contribution in [3.63, 3.8) is 0 Å². The Morgan fingerprint density at radius 1 is 0.944 bits per heavy atom. The summed E-state index contributed by atoms with van der Waals surface area (Å²) < 4.78 is 13.2. The third kappa shape index (κ3) is 4.39. The molecule has 1 fully saturated rings. The van der Waals surface area contributed by atoms with Crippen molar-refractivity contribution in [3.05, 3.63) is 95.1 Å². The van der Waals surface area contributed by atoms with Gasteiger partial charge >= 0.3 is 0 Å². The van der Waals surface area contributed by atoms with Crippen LogP contribution in [-0.2, 0) is 4.74 Å². The summed E-state index contributed by atoms with van der Waals surface area (Å²) in [6.45, 7) is -0.572. The van der Waals surface area contributed by atoms with Crippen LogP contribution < -0.4 is 4.74 Å². The van der Waals surface area contributed by atoms with E-state index in [2.05, 4.69) is 0 Å². The van der Waals surface area contributed by atoms with Crippen molar-refractivity contribution in [2.75, 3.05) is 6.61 Å². The number of aliphatic hydroxyl groups excluding tert-OH is 4. The molecular formula is C27H24ClNO7. The second kappa shape index (κ2) is 10.0. The number of hydrogen-bond acceptors (Lipinski definition) is 7. The largest absolute Gasteiger partial charge is 0.460 e. The maximum atomic E-state index is 13.3. The van der Waals surface area contributed by atoms with E-state index in [0.717, 1.165) is 0 Å². The van der Waals surface area contributed by atoms with Crippen molar-refractivity contribution in [1.29, 1.82) is 0 Å². The average Bonchev–Trinajstić information content (AvgIpc) is 3.26. The molecule has 5 atom stereocenters. The topological polar surface area (TPSA) is 121 Å². The minimum absolute atomic E-state index is 0.161. The summed E-state index contributed by atoms with van der Waals surface area (Å²) in [6, 6.07) is 21.2. The van der Waals surface area contributed by atoms with Gasteiger partial charge < -0.3 is 34.5 Å².